The summed E-state index contributed by atoms with van der Waals surface area (Å²) in [5.41, 5.74) is 6.56. The van der Waals surface area contributed by atoms with E-state index in [9.17, 15) is 4.79 Å². The fraction of sp³-hybridized carbons (Fsp3) is 0.417. The van der Waals surface area contributed by atoms with Crippen LogP contribution in [0.2, 0.25) is 10.0 Å². The molecule has 1 amide bonds. The van der Waals surface area contributed by atoms with Crippen molar-refractivity contribution >= 4 is 52.2 Å². The lowest BCUT2D eigenvalue weighted by Crippen LogP contribution is -2.24. The van der Waals surface area contributed by atoms with Crippen molar-refractivity contribution in [3.63, 3.8) is 0 Å². The van der Waals surface area contributed by atoms with Crippen molar-refractivity contribution in [1.82, 2.24) is 0 Å². The number of carbonyl (C=O) groups excluding carboxylic acids is 1. The Labute approximate surface area is 121 Å². The summed E-state index contributed by atoms with van der Waals surface area (Å²) in [5.74, 6) is -0.121. The van der Waals surface area contributed by atoms with Gasteiger partial charge in [0.2, 0.25) is 5.91 Å². The van der Waals surface area contributed by atoms with Crippen molar-refractivity contribution < 1.29 is 4.79 Å². The van der Waals surface area contributed by atoms with Crippen LogP contribution in [-0.4, -0.2) is 16.4 Å². The maximum atomic E-state index is 12.0. The average molecular weight is 307 g/mol. The van der Waals surface area contributed by atoms with Crippen LogP contribution >= 0.6 is 35.0 Å². The van der Waals surface area contributed by atoms with Crippen molar-refractivity contribution in [2.75, 3.05) is 11.1 Å². The smallest absolute Gasteiger partial charge is 0.237 e. The van der Waals surface area contributed by atoms with Gasteiger partial charge in [-0.05, 0) is 24.3 Å². The fourth-order valence-electron chi connectivity index (χ4n) is 1.42. The van der Waals surface area contributed by atoms with Crippen LogP contribution in [0.4, 0.5) is 11.4 Å². The van der Waals surface area contributed by atoms with E-state index < -0.39 is 0 Å². The van der Waals surface area contributed by atoms with Gasteiger partial charge in [-0.15, -0.1) is 11.8 Å². The Balaban J connectivity index is 2.82. The Morgan fingerprint density at radius 3 is 2.44 bits per heavy atom. The molecule has 0 saturated heterocycles. The maximum Gasteiger partial charge on any atom is 0.237 e. The Morgan fingerprint density at radius 1 is 1.33 bits per heavy atom. The second-order valence-corrected chi connectivity index (χ2v) is 6.93. The first-order chi connectivity index (χ1) is 8.31. The molecule has 0 aliphatic heterocycles. The van der Waals surface area contributed by atoms with Crippen LogP contribution in [0.15, 0.2) is 12.1 Å². The number of hydrogen-bond donors (Lipinski definition) is 2. The van der Waals surface area contributed by atoms with E-state index in [0.717, 1.165) is 0 Å². The number of nitrogen functional groups attached to an aromatic ring is 1. The van der Waals surface area contributed by atoms with Crippen molar-refractivity contribution in [3.05, 3.63) is 22.2 Å². The van der Waals surface area contributed by atoms with Crippen LogP contribution in [-0.2, 0) is 4.79 Å². The molecule has 1 aromatic rings. The zero-order valence-electron chi connectivity index (χ0n) is 10.5. The molecule has 3 N–H and O–H groups in total. The molecule has 0 aromatic heterocycles. The van der Waals surface area contributed by atoms with E-state index in [1.807, 2.05) is 20.8 Å². The van der Waals surface area contributed by atoms with E-state index in [2.05, 4.69) is 5.32 Å². The summed E-state index contributed by atoms with van der Waals surface area (Å²) in [6.45, 7) is 5.93. The Kier molecular flexibility index (Phi) is 5.63. The monoisotopic (exact) mass is 306 g/mol. The van der Waals surface area contributed by atoms with E-state index in [0.29, 0.717) is 26.7 Å². The summed E-state index contributed by atoms with van der Waals surface area (Å²) in [4.78, 5) is 12.0. The van der Waals surface area contributed by atoms with Gasteiger partial charge in [0.1, 0.15) is 0 Å². The first-order valence-electron chi connectivity index (χ1n) is 5.52. The average Bonchev–Trinajstić information content (AvgIpc) is 2.21. The van der Waals surface area contributed by atoms with E-state index in [1.54, 1.807) is 23.9 Å². The third-order valence-electron chi connectivity index (χ3n) is 2.18. The van der Waals surface area contributed by atoms with Gasteiger partial charge in [0, 0.05) is 5.02 Å². The standard InChI is InChI=1S/C12H16Cl2N2OS/c1-6(2)18-7(3)12(17)16-11-9(14)4-8(13)5-10(11)15/h4-7H,15H2,1-3H3,(H,16,17). The van der Waals surface area contributed by atoms with Gasteiger partial charge in [0.05, 0.1) is 21.6 Å². The van der Waals surface area contributed by atoms with Gasteiger partial charge in [-0.3, -0.25) is 4.79 Å². The van der Waals surface area contributed by atoms with Crippen LogP contribution in [0.5, 0.6) is 0 Å². The summed E-state index contributed by atoms with van der Waals surface area (Å²) in [5, 5.41) is 3.73. The number of amides is 1. The SMILES string of the molecule is CC(C)SC(C)C(=O)Nc1c(N)cc(Cl)cc1Cl. The van der Waals surface area contributed by atoms with Crippen molar-refractivity contribution in [1.29, 1.82) is 0 Å². The number of rotatable bonds is 4. The molecule has 1 rings (SSSR count). The first kappa shape index (κ1) is 15.5. The minimum Gasteiger partial charge on any atom is -0.397 e. The van der Waals surface area contributed by atoms with Gasteiger partial charge in [0.25, 0.3) is 0 Å². The van der Waals surface area contributed by atoms with Crippen LogP contribution in [0.3, 0.4) is 0 Å². The van der Waals surface area contributed by atoms with E-state index >= 15 is 0 Å². The molecule has 6 heteroatoms. The summed E-state index contributed by atoms with van der Waals surface area (Å²) < 4.78 is 0. The lowest BCUT2D eigenvalue weighted by atomic mass is 10.2. The number of carbonyl (C=O) groups is 1. The molecule has 0 saturated carbocycles. The number of nitrogens with two attached hydrogens (primary N) is 1. The predicted molar refractivity (Wildman–Crippen MR) is 81.7 cm³/mol. The largest absolute Gasteiger partial charge is 0.397 e. The van der Waals surface area contributed by atoms with Gasteiger partial charge >= 0.3 is 0 Å². The molecule has 1 atom stereocenters. The molecular formula is C12H16Cl2N2OS. The van der Waals surface area contributed by atoms with Gasteiger partial charge in [-0.2, -0.15) is 0 Å². The highest BCUT2D eigenvalue weighted by atomic mass is 35.5. The third kappa shape index (κ3) is 4.26. The topological polar surface area (TPSA) is 55.1 Å². The highest BCUT2D eigenvalue weighted by Gasteiger charge is 2.17. The number of anilines is 2. The number of hydrogen-bond acceptors (Lipinski definition) is 3. The molecule has 3 nitrogen and oxygen atoms in total. The first-order valence-corrected chi connectivity index (χ1v) is 7.22. The molecule has 0 aliphatic carbocycles. The van der Waals surface area contributed by atoms with E-state index in [4.69, 9.17) is 28.9 Å². The molecule has 0 fully saturated rings. The van der Waals surface area contributed by atoms with Crippen molar-refractivity contribution in [2.24, 2.45) is 0 Å². The molecule has 0 radical (unpaired) electrons. The quantitative estimate of drug-likeness (QED) is 0.825. The molecule has 0 aliphatic rings. The zero-order chi connectivity index (χ0) is 13.9. The molecule has 0 bridgehead atoms. The van der Waals surface area contributed by atoms with Crippen LogP contribution in [0, 0.1) is 0 Å². The highest BCUT2D eigenvalue weighted by Crippen LogP contribution is 2.32. The lowest BCUT2D eigenvalue weighted by Gasteiger charge is -2.16. The fourth-order valence-corrected chi connectivity index (χ4v) is 2.98. The summed E-state index contributed by atoms with van der Waals surface area (Å²) in [6, 6.07) is 3.11. The maximum absolute atomic E-state index is 12.0. The van der Waals surface area contributed by atoms with Crippen LogP contribution < -0.4 is 11.1 Å². The molecule has 0 spiro atoms. The molecule has 1 aromatic carbocycles. The van der Waals surface area contributed by atoms with Crippen molar-refractivity contribution in [3.8, 4) is 0 Å². The van der Waals surface area contributed by atoms with Crippen LogP contribution in [0.25, 0.3) is 0 Å². The van der Waals surface area contributed by atoms with E-state index in [-0.39, 0.29) is 11.2 Å². The Hall–Kier alpha value is -0.580. The van der Waals surface area contributed by atoms with Crippen LogP contribution in [0.1, 0.15) is 20.8 Å². The zero-order valence-corrected chi connectivity index (χ0v) is 12.8. The Bertz CT molecular complexity index is 429. The highest BCUT2D eigenvalue weighted by molar-refractivity contribution is 8.01. The molecule has 0 heterocycles. The Morgan fingerprint density at radius 2 is 1.94 bits per heavy atom. The van der Waals surface area contributed by atoms with Gasteiger partial charge in [0.15, 0.2) is 0 Å². The predicted octanol–water partition coefficient (Wildman–Crippen LogP) is 4.04. The van der Waals surface area contributed by atoms with Gasteiger partial charge < -0.3 is 11.1 Å². The third-order valence-corrected chi connectivity index (χ3v) is 3.86. The number of halogens is 2. The molecule has 100 valence electrons. The second-order valence-electron chi connectivity index (χ2n) is 4.17. The molecule has 1 unspecified atom stereocenters. The number of benzene rings is 1. The molecule has 18 heavy (non-hydrogen) atoms. The van der Waals surface area contributed by atoms with Crippen molar-refractivity contribution in [2.45, 2.75) is 31.3 Å². The van der Waals surface area contributed by atoms with E-state index in [1.165, 1.54) is 0 Å². The number of thioether (sulfide) groups is 1. The van der Waals surface area contributed by atoms with Gasteiger partial charge in [-0.25, -0.2) is 0 Å². The minimum atomic E-state index is -0.170. The normalized spacial score (nSPS) is 12.6. The summed E-state index contributed by atoms with van der Waals surface area (Å²) in [6.07, 6.45) is 0. The molecular weight excluding hydrogens is 291 g/mol. The second kappa shape index (κ2) is 6.55. The minimum absolute atomic E-state index is 0.121. The summed E-state index contributed by atoms with van der Waals surface area (Å²) in [7, 11) is 0. The lowest BCUT2D eigenvalue weighted by molar-refractivity contribution is -0.115. The van der Waals surface area contributed by atoms with Gasteiger partial charge in [-0.1, -0.05) is 37.0 Å². The summed E-state index contributed by atoms with van der Waals surface area (Å²) >= 11 is 13.4. The number of nitrogens with one attached hydrogen (secondary N) is 1.